The normalized spacial score (nSPS) is 20.7. The standard InChI is InChI=1S/C17H24N6O/c1-23-9-7-13-14(6-8-20-15(13)23)22-16(24)12-4-2-11(3-5-12)10-21-17(18)19/h6-9,11-12H,2-5,10H2,1H3,(H4,18,19,21)(H,20,22,24). The van der Waals surface area contributed by atoms with Crippen molar-refractivity contribution in [3.05, 3.63) is 24.5 Å². The van der Waals surface area contributed by atoms with E-state index in [1.807, 2.05) is 29.9 Å². The summed E-state index contributed by atoms with van der Waals surface area (Å²) in [4.78, 5) is 16.9. The van der Waals surface area contributed by atoms with E-state index in [1.165, 1.54) is 0 Å². The molecule has 0 spiro atoms. The molecule has 7 heteroatoms. The molecule has 1 aliphatic rings. The van der Waals surface area contributed by atoms with Crippen molar-refractivity contribution in [3.8, 4) is 0 Å². The quantitative estimate of drug-likeness (QED) is 0.507. The van der Waals surface area contributed by atoms with Crippen LogP contribution in [0, 0.1) is 17.2 Å². The zero-order chi connectivity index (χ0) is 17.1. The van der Waals surface area contributed by atoms with Crippen LogP contribution in [-0.2, 0) is 11.8 Å². The number of nitrogens with one attached hydrogen (secondary N) is 3. The lowest BCUT2D eigenvalue weighted by Gasteiger charge is -2.28. The van der Waals surface area contributed by atoms with E-state index in [1.54, 1.807) is 6.20 Å². The number of hydrogen-bond acceptors (Lipinski definition) is 3. The number of nitrogens with two attached hydrogens (primary N) is 1. The van der Waals surface area contributed by atoms with E-state index >= 15 is 0 Å². The van der Waals surface area contributed by atoms with Crippen molar-refractivity contribution in [2.75, 3.05) is 11.9 Å². The van der Waals surface area contributed by atoms with Crippen molar-refractivity contribution in [2.45, 2.75) is 25.7 Å². The summed E-state index contributed by atoms with van der Waals surface area (Å²) >= 11 is 0. The predicted octanol–water partition coefficient (Wildman–Crippen LogP) is 1.80. The van der Waals surface area contributed by atoms with Gasteiger partial charge in [0.05, 0.1) is 5.69 Å². The Labute approximate surface area is 141 Å². The van der Waals surface area contributed by atoms with E-state index in [0.29, 0.717) is 5.92 Å². The number of pyridine rings is 1. The first-order chi connectivity index (χ1) is 11.5. The largest absolute Gasteiger partial charge is 0.370 e. The van der Waals surface area contributed by atoms with E-state index in [-0.39, 0.29) is 17.8 Å². The summed E-state index contributed by atoms with van der Waals surface area (Å²) in [6.07, 6.45) is 7.38. The van der Waals surface area contributed by atoms with Gasteiger partial charge in [-0.3, -0.25) is 10.2 Å². The number of carbonyl (C=O) groups excluding carboxylic acids is 1. The highest BCUT2D eigenvalue weighted by molar-refractivity contribution is 6.01. The van der Waals surface area contributed by atoms with Gasteiger partial charge in [0.2, 0.25) is 5.91 Å². The molecule has 1 saturated carbocycles. The lowest BCUT2D eigenvalue weighted by Crippen LogP contribution is -2.36. The SMILES string of the molecule is Cn1ccc2c(NC(=O)C3CCC(CNC(=N)N)CC3)ccnc21. The molecule has 0 aliphatic heterocycles. The molecule has 1 aliphatic carbocycles. The van der Waals surface area contributed by atoms with Gasteiger partial charge in [0.1, 0.15) is 5.65 Å². The molecule has 0 aromatic carbocycles. The number of amides is 1. The fraction of sp³-hybridized carbons (Fsp3) is 0.471. The fourth-order valence-electron chi connectivity index (χ4n) is 3.39. The van der Waals surface area contributed by atoms with Crippen LogP contribution in [0.15, 0.2) is 24.5 Å². The Kier molecular flexibility index (Phi) is 4.69. The van der Waals surface area contributed by atoms with Gasteiger partial charge < -0.3 is 20.9 Å². The smallest absolute Gasteiger partial charge is 0.227 e. The maximum atomic E-state index is 12.6. The van der Waals surface area contributed by atoms with Crippen molar-refractivity contribution in [3.63, 3.8) is 0 Å². The molecule has 128 valence electrons. The van der Waals surface area contributed by atoms with Crippen molar-refractivity contribution < 1.29 is 4.79 Å². The number of anilines is 1. The Morgan fingerprint density at radius 3 is 2.83 bits per heavy atom. The van der Waals surface area contributed by atoms with Crippen LogP contribution in [-0.4, -0.2) is 28.0 Å². The summed E-state index contributed by atoms with van der Waals surface area (Å²) in [5.74, 6) is 0.633. The summed E-state index contributed by atoms with van der Waals surface area (Å²) in [6, 6.07) is 3.82. The van der Waals surface area contributed by atoms with Gasteiger partial charge in [0.15, 0.2) is 5.96 Å². The number of hydrogen-bond donors (Lipinski definition) is 4. The van der Waals surface area contributed by atoms with Gasteiger partial charge in [-0.1, -0.05) is 0 Å². The number of nitrogens with zero attached hydrogens (tertiary/aromatic N) is 2. The molecule has 2 aromatic rings. The van der Waals surface area contributed by atoms with Crippen LogP contribution in [0.5, 0.6) is 0 Å². The Bertz CT molecular complexity index is 745. The van der Waals surface area contributed by atoms with Gasteiger partial charge in [0.25, 0.3) is 0 Å². The number of aromatic nitrogens is 2. The minimum absolute atomic E-state index is 0.0134. The molecule has 0 atom stereocenters. The third-order valence-corrected chi connectivity index (χ3v) is 4.82. The highest BCUT2D eigenvalue weighted by Gasteiger charge is 2.26. The van der Waals surface area contributed by atoms with Crippen LogP contribution in [0.1, 0.15) is 25.7 Å². The number of fused-ring (bicyclic) bond motifs is 1. The summed E-state index contributed by atoms with van der Waals surface area (Å²) < 4.78 is 1.94. The molecule has 24 heavy (non-hydrogen) atoms. The molecule has 0 bridgehead atoms. The summed E-state index contributed by atoms with van der Waals surface area (Å²) in [7, 11) is 1.94. The van der Waals surface area contributed by atoms with E-state index in [0.717, 1.165) is 48.9 Å². The minimum atomic E-state index is 0.0134. The topological polar surface area (TPSA) is 109 Å². The molecule has 0 radical (unpaired) electrons. The Morgan fingerprint density at radius 1 is 1.38 bits per heavy atom. The van der Waals surface area contributed by atoms with E-state index in [9.17, 15) is 4.79 Å². The first kappa shape index (κ1) is 16.3. The zero-order valence-electron chi connectivity index (χ0n) is 13.9. The second-order valence-corrected chi connectivity index (χ2v) is 6.52. The summed E-state index contributed by atoms with van der Waals surface area (Å²) in [6.45, 7) is 0.721. The first-order valence-corrected chi connectivity index (χ1v) is 8.33. The van der Waals surface area contributed by atoms with Crippen LogP contribution in [0.4, 0.5) is 5.69 Å². The predicted molar refractivity (Wildman–Crippen MR) is 94.7 cm³/mol. The molecule has 5 N–H and O–H groups in total. The second kappa shape index (κ2) is 6.90. The molecule has 3 rings (SSSR count). The monoisotopic (exact) mass is 328 g/mol. The minimum Gasteiger partial charge on any atom is -0.370 e. The van der Waals surface area contributed by atoms with E-state index in [2.05, 4.69) is 15.6 Å². The molecule has 7 nitrogen and oxygen atoms in total. The molecule has 0 saturated heterocycles. The third kappa shape index (κ3) is 3.50. The summed E-state index contributed by atoms with van der Waals surface area (Å²) in [5.41, 5.74) is 7.01. The summed E-state index contributed by atoms with van der Waals surface area (Å²) in [5, 5.41) is 14.1. The molecule has 1 amide bonds. The fourth-order valence-corrected chi connectivity index (χ4v) is 3.39. The van der Waals surface area contributed by atoms with Gasteiger partial charge >= 0.3 is 0 Å². The van der Waals surface area contributed by atoms with Gasteiger partial charge in [-0.2, -0.15) is 0 Å². The van der Waals surface area contributed by atoms with Crippen LogP contribution in [0.2, 0.25) is 0 Å². The van der Waals surface area contributed by atoms with E-state index in [4.69, 9.17) is 11.1 Å². The molecule has 1 fully saturated rings. The number of carbonyl (C=O) groups is 1. The highest BCUT2D eigenvalue weighted by atomic mass is 16.1. The van der Waals surface area contributed by atoms with Crippen molar-refractivity contribution in [1.82, 2.24) is 14.9 Å². The third-order valence-electron chi connectivity index (χ3n) is 4.82. The first-order valence-electron chi connectivity index (χ1n) is 8.33. The van der Waals surface area contributed by atoms with Gasteiger partial charge in [-0.15, -0.1) is 0 Å². The lowest BCUT2D eigenvalue weighted by molar-refractivity contribution is -0.121. The molecule has 0 unspecified atom stereocenters. The zero-order valence-corrected chi connectivity index (χ0v) is 13.9. The van der Waals surface area contributed by atoms with Crippen LogP contribution in [0.3, 0.4) is 0 Å². The maximum absolute atomic E-state index is 12.6. The number of rotatable bonds is 4. The average Bonchev–Trinajstić information content (AvgIpc) is 2.96. The van der Waals surface area contributed by atoms with Gasteiger partial charge in [-0.05, 0) is 43.7 Å². The van der Waals surface area contributed by atoms with Crippen molar-refractivity contribution in [2.24, 2.45) is 24.6 Å². The highest BCUT2D eigenvalue weighted by Crippen LogP contribution is 2.30. The Hall–Kier alpha value is -2.57. The number of guanidine groups is 1. The second-order valence-electron chi connectivity index (χ2n) is 6.52. The maximum Gasteiger partial charge on any atom is 0.227 e. The van der Waals surface area contributed by atoms with Crippen molar-refractivity contribution >= 4 is 28.6 Å². The number of aryl methyl sites for hydroxylation is 1. The van der Waals surface area contributed by atoms with Gasteiger partial charge in [0, 0.05) is 37.3 Å². The van der Waals surface area contributed by atoms with Crippen molar-refractivity contribution in [1.29, 1.82) is 5.41 Å². The van der Waals surface area contributed by atoms with Crippen LogP contribution in [0.25, 0.3) is 11.0 Å². The molecule has 2 aromatic heterocycles. The molecular weight excluding hydrogens is 304 g/mol. The molecule has 2 heterocycles. The van der Waals surface area contributed by atoms with Gasteiger partial charge in [-0.25, -0.2) is 4.98 Å². The Balaban J connectivity index is 1.59. The average molecular weight is 328 g/mol. The van der Waals surface area contributed by atoms with Crippen LogP contribution < -0.4 is 16.4 Å². The van der Waals surface area contributed by atoms with Crippen LogP contribution >= 0.6 is 0 Å². The lowest BCUT2D eigenvalue weighted by atomic mass is 9.81. The van der Waals surface area contributed by atoms with E-state index < -0.39 is 0 Å². The Morgan fingerprint density at radius 2 is 2.12 bits per heavy atom. The molecular formula is C17H24N6O.